The van der Waals surface area contributed by atoms with Gasteiger partial charge in [-0.1, -0.05) is 205 Å². The molecule has 0 N–H and O–H groups in total. The number of likely N-dealkylation sites (N-methyl/N-ethyl adjacent to an activating group) is 5. The fraction of sp³-hybridized carbons (Fsp3) is 0.250. The Hall–Kier alpha value is -10.8. The van der Waals surface area contributed by atoms with Crippen LogP contribution < -0.4 is 43.3 Å². The van der Waals surface area contributed by atoms with E-state index in [9.17, 15) is 28.8 Å². The summed E-state index contributed by atoms with van der Waals surface area (Å²) in [6, 6.07) is 48.4. The first-order chi connectivity index (χ1) is 64.4. The number of carbonyl (C=O) groups excluding carboxylic acids is 6. The second kappa shape index (κ2) is 46.9. The van der Waals surface area contributed by atoms with E-state index in [0.717, 1.165) is 141 Å². The van der Waals surface area contributed by atoms with E-state index >= 15 is 0 Å². The zero-order valence-electron chi connectivity index (χ0n) is 76.0. The molecule has 0 aliphatic carbocycles. The number of aromatic nitrogens is 1. The summed E-state index contributed by atoms with van der Waals surface area (Å²) in [5.41, 5.74) is 11.0. The summed E-state index contributed by atoms with van der Waals surface area (Å²) in [5, 5.41) is 2.17. The number of anilines is 5. The zero-order valence-corrected chi connectivity index (χ0v) is 85.0. The van der Waals surface area contributed by atoms with Gasteiger partial charge in [-0.3, -0.25) is 53.3 Å². The van der Waals surface area contributed by atoms with Gasteiger partial charge in [0.25, 0.3) is 40.3 Å². The van der Waals surface area contributed by atoms with E-state index in [2.05, 4.69) is 126 Å². The average Bonchev–Trinajstić information content (AvgIpc) is 1.66. The molecule has 7 aromatic rings. The van der Waals surface area contributed by atoms with Crippen molar-refractivity contribution in [1.82, 2.24) is 29.4 Å². The summed E-state index contributed by atoms with van der Waals surface area (Å²) in [7, 11) is 4.01. The third-order valence-corrected chi connectivity index (χ3v) is 30.5. The van der Waals surface area contributed by atoms with Crippen molar-refractivity contribution in [3.8, 4) is 17.2 Å². The molecular formula is C100H103N12O10S11+. The van der Waals surface area contributed by atoms with Gasteiger partial charge in [-0.15, -0.1) is 11.8 Å². The maximum atomic E-state index is 12.2. The molecular weight excluding hydrogens is 1880 g/mol. The minimum atomic E-state index is -0.243. The number of ether oxygens (including phenoxy) is 3. The van der Waals surface area contributed by atoms with E-state index in [0.29, 0.717) is 75.5 Å². The van der Waals surface area contributed by atoms with Crippen LogP contribution in [0.15, 0.2) is 304 Å². The van der Waals surface area contributed by atoms with Crippen molar-refractivity contribution in [2.75, 3.05) is 109 Å². The predicted octanol–water partition coefficient (Wildman–Crippen LogP) is 22.5. The van der Waals surface area contributed by atoms with Gasteiger partial charge in [-0.2, -0.15) is 4.57 Å². The van der Waals surface area contributed by atoms with Crippen molar-refractivity contribution in [2.45, 2.75) is 81.1 Å². The quantitative estimate of drug-likeness (QED) is 0.0449. The highest BCUT2D eigenvalue weighted by Gasteiger charge is 2.38. The van der Waals surface area contributed by atoms with E-state index in [1.165, 1.54) is 78.8 Å². The van der Waals surface area contributed by atoms with Crippen LogP contribution in [0.3, 0.4) is 0 Å². The largest absolute Gasteiger partial charge is 0.439 e. The molecule has 6 saturated heterocycles. The van der Waals surface area contributed by atoms with E-state index in [4.69, 9.17) is 67.5 Å². The van der Waals surface area contributed by atoms with Gasteiger partial charge in [-0.25, -0.2) is 0 Å². The summed E-state index contributed by atoms with van der Waals surface area (Å²) in [6.07, 6.45) is 30.9. The van der Waals surface area contributed by atoms with Crippen LogP contribution in [0, 0.1) is 0 Å². The highest BCUT2D eigenvalue weighted by Crippen LogP contribution is 2.48. The smallest absolute Gasteiger partial charge is 0.374 e. The van der Waals surface area contributed by atoms with Crippen molar-refractivity contribution >= 4 is 234 Å². The van der Waals surface area contributed by atoms with Gasteiger partial charge in [0, 0.05) is 131 Å². The lowest BCUT2D eigenvalue weighted by molar-refractivity contribution is -0.652. The number of aryl methyl sites for hydroxylation is 1. The summed E-state index contributed by atoms with van der Waals surface area (Å²) in [4.78, 5) is 97.4. The van der Waals surface area contributed by atoms with Crippen LogP contribution in [-0.2, 0) is 31.0 Å². The molecule has 133 heavy (non-hydrogen) atoms. The molecule has 33 heteroatoms. The standard InChI is InChI=1S/C20H19N2O2.C20H20N2OS2.C16H16N2O3S.C16H16N2O2S2.C16H16N2OS3.C12H16N2OS3/c1-14(12-19-21(2)15-8-4-6-10-17(15)23-19)13-20-22(3)16-9-5-7-11-18(16)24-20;1-3-21-14-13-15(16-10-6-7-11-17(16)21)9-5-8-12-18-19(23)22(4-2)20(24)25-18;1-3-17-11-7-5-6-8-12(11)21-14(17)10-9-13-15(19)18(4-2)16(20)22-13;1-3-17-11-7-5-6-8-12(11)20-14(17)10-9-13-15(19)18(4-2)16(21)22-13;1-3-17-11-7-5-6-8-12(11)21-14(17)10-9-13-15(19)18(4-2)16(20)22-13;1-3-13-7-8-17-10(13)6-5-9-11(15)14(4-2)12(16)18-9/h4-13H,1-3H3;5-14H,3-4H2,1-2H3;3*5-10H,3-4H2,1-2H3;5-6H,3-4,7-8H2,1-2H3/q+1;;;;;/b;8-5+,15-9+,18-12+;3*13-9+,14-10-;9-5+,10-6-. The van der Waals surface area contributed by atoms with Gasteiger partial charge in [-0.05, 0) is 208 Å². The van der Waals surface area contributed by atoms with Gasteiger partial charge in [0.1, 0.15) is 24.3 Å². The Labute approximate surface area is 829 Å². The molecule has 11 aliphatic heterocycles. The molecule has 0 atom stereocenters. The van der Waals surface area contributed by atoms with Crippen LogP contribution in [-0.4, -0.2) is 166 Å². The highest BCUT2D eigenvalue weighted by atomic mass is 32.2. The molecule has 0 bridgehead atoms. The lowest BCUT2D eigenvalue weighted by Gasteiger charge is -2.26. The van der Waals surface area contributed by atoms with Gasteiger partial charge in [0.2, 0.25) is 23.2 Å². The summed E-state index contributed by atoms with van der Waals surface area (Å²) >= 11 is 30.9. The van der Waals surface area contributed by atoms with Crippen LogP contribution in [0.2, 0.25) is 0 Å². The monoisotopic (exact) mass is 1980 g/mol. The predicted molar refractivity (Wildman–Crippen MR) is 569 cm³/mol. The number of rotatable bonds is 18. The van der Waals surface area contributed by atoms with E-state index in [-0.39, 0.29) is 34.8 Å². The van der Waals surface area contributed by atoms with E-state index in [1.54, 1.807) is 56.5 Å². The number of fused-ring (bicyclic) bond motifs is 6. The SMILES string of the molecule is CC(/C=C1\Oc2ccccc2N1C)=C\c1oc2ccccc2[n+]1C.CCN1C(=O)/C(=C\C=C2/Oc3ccccc3N2CC)SC1=S.CCN1C(=O)/C(=C\C=C2/SCCN2CC)SC1=S.CCN1C(=O)/C(=C\C=C2/Sc3ccccc3N2CC)SC1=S.CCN1C(=O)S/C(=C/C=C2\Oc3ccccc3N2CC)C1=O.CCN1C(=O)\C(=C/C=C/C=C2\C=CN(CC)c3ccccc32)SC1=S. The zero-order chi connectivity index (χ0) is 94.7. The first-order valence-electron chi connectivity index (χ1n) is 43.7. The van der Waals surface area contributed by atoms with E-state index in [1.807, 2.05) is 227 Å². The van der Waals surface area contributed by atoms with Crippen molar-refractivity contribution in [3.63, 3.8) is 0 Å². The molecule has 0 unspecified atom stereocenters. The summed E-state index contributed by atoms with van der Waals surface area (Å²) < 4.78 is 28.1. The molecule has 1 aromatic heterocycles. The van der Waals surface area contributed by atoms with Crippen molar-refractivity contribution in [1.29, 1.82) is 0 Å². The number of hydrogen-bond donors (Lipinski definition) is 0. The van der Waals surface area contributed by atoms with Crippen LogP contribution in [0.1, 0.15) is 87.6 Å². The lowest BCUT2D eigenvalue weighted by atomic mass is 9.99. The number of oxazole rings is 1. The second-order valence-electron chi connectivity index (χ2n) is 29.7. The van der Waals surface area contributed by atoms with Crippen molar-refractivity contribution in [2.24, 2.45) is 7.05 Å². The fourth-order valence-electron chi connectivity index (χ4n) is 14.9. The Bertz CT molecular complexity index is 5930. The minimum Gasteiger partial charge on any atom is -0.439 e. The van der Waals surface area contributed by atoms with Gasteiger partial charge in [0.05, 0.1) is 63.4 Å². The Morgan fingerprint density at radius 2 is 0.827 bits per heavy atom. The number of carbonyl (C=O) groups is 6. The van der Waals surface area contributed by atoms with Gasteiger partial charge >= 0.3 is 5.89 Å². The second-order valence-corrected chi connectivity index (χ2v) is 39.6. The Kier molecular flexibility index (Phi) is 35.1. The highest BCUT2D eigenvalue weighted by molar-refractivity contribution is 8.28. The number of thiocarbonyl (C=S) groups is 4. The fourth-order valence-corrected chi connectivity index (χ4v) is 23.3. The molecule has 22 nitrogen and oxygen atoms in total. The molecule has 18 rings (SSSR count). The molecule has 688 valence electrons. The normalized spacial score (nSPS) is 20.6. The lowest BCUT2D eigenvalue weighted by Crippen LogP contribution is -2.29. The van der Waals surface area contributed by atoms with Crippen LogP contribution >= 0.6 is 131 Å². The third kappa shape index (κ3) is 23.1. The average molecular weight is 1990 g/mol. The van der Waals surface area contributed by atoms with Crippen LogP contribution in [0.4, 0.5) is 33.2 Å². The number of para-hydroxylation sites is 10. The number of imide groups is 1. The van der Waals surface area contributed by atoms with Gasteiger partial charge in [0.15, 0.2) is 17.2 Å². The Balaban J connectivity index is 0.000000136. The Morgan fingerprint density at radius 3 is 1.32 bits per heavy atom. The van der Waals surface area contributed by atoms with Crippen molar-refractivity contribution < 1.29 is 52.0 Å². The number of benzene rings is 6. The van der Waals surface area contributed by atoms with Gasteiger partial charge < -0.3 is 48.0 Å². The van der Waals surface area contributed by atoms with Crippen LogP contribution in [0.5, 0.6) is 17.2 Å². The molecule has 0 spiro atoms. The number of nitrogens with zero attached hydrogens (tertiary/aromatic N) is 12. The summed E-state index contributed by atoms with van der Waals surface area (Å²) in [6.45, 7) is 30.5. The topological polar surface area (TPSA) is 183 Å². The summed E-state index contributed by atoms with van der Waals surface area (Å²) in [5.74, 6) is 6.42. The maximum Gasteiger partial charge on any atom is 0.374 e. The number of thioether (sulfide) groups is 7. The van der Waals surface area contributed by atoms with Crippen molar-refractivity contribution in [3.05, 3.63) is 306 Å². The first kappa shape index (κ1) is 99.7. The number of allylic oxidation sites excluding steroid dienone is 16. The van der Waals surface area contributed by atoms with Crippen LogP contribution in [0.25, 0.3) is 22.7 Å². The molecule has 6 aromatic carbocycles. The molecule has 0 saturated carbocycles. The molecule has 11 aliphatic rings. The number of hydrogen-bond acceptors (Lipinski definition) is 27. The Morgan fingerprint density at radius 1 is 0.406 bits per heavy atom. The number of amides is 6. The minimum absolute atomic E-state index is 0.00343. The molecule has 6 amide bonds. The molecule has 0 radical (unpaired) electrons. The molecule has 12 heterocycles. The molecule has 6 fully saturated rings. The first-order valence-corrected chi connectivity index (χ1v) is 51.2. The maximum absolute atomic E-state index is 12.2. The third-order valence-electron chi connectivity index (χ3n) is 21.8. The van der Waals surface area contributed by atoms with E-state index < -0.39 is 0 Å².